The van der Waals surface area contributed by atoms with Crippen molar-refractivity contribution in [3.8, 4) is 5.75 Å². The molecule has 1 heterocycles. The van der Waals surface area contributed by atoms with Gasteiger partial charge in [0.2, 0.25) is 10.0 Å². The minimum atomic E-state index is -4.35. The SMILES string of the molecule is CCCCOc1ccc(C(C=O)S(=O)(=O)NC(=O)c2ccc(COC(=O)C(C)C)nc2)cc1. The Balaban J connectivity index is 2.04. The molecular formula is C23H28N2O7S. The fraction of sp³-hybridized carbons (Fsp3) is 0.391. The summed E-state index contributed by atoms with van der Waals surface area (Å²) in [5, 5.41) is -1.58. The molecule has 33 heavy (non-hydrogen) atoms. The second-order valence-corrected chi connectivity index (χ2v) is 9.41. The number of hydrogen-bond donors (Lipinski definition) is 1. The molecule has 1 amide bonds. The summed E-state index contributed by atoms with van der Waals surface area (Å²) in [7, 11) is -4.35. The number of carbonyl (C=O) groups excluding carboxylic acids is 3. The molecule has 1 atom stereocenters. The molecule has 0 spiro atoms. The summed E-state index contributed by atoms with van der Waals surface area (Å²) in [4.78, 5) is 39.5. The van der Waals surface area contributed by atoms with E-state index in [0.29, 0.717) is 18.1 Å². The molecule has 1 aromatic carbocycles. The van der Waals surface area contributed by atoms with Crippen LogP contribution in [0.3, 0.4) is 0 Å². The Bertz CT molecular complexity index is 1050. The van der Waals surface area contributed by atoms with Gasteiger partial charge in [0, 0.05) is 6.20 Å². The van der Waals surface area contributed by atoms with E-state index in [9.17, 15) is 22.8 Å². The number of nitrogens with one attached hydrogen (secondary N) is 1. The zero-order chi connectivity index (χ0) is 24.4. The van der Waals surface area contributed by atoms with Crippen LogP contribution in [0, 0.1) is 5.92 Å². The van der Waals surface area contributed by atoms with E-state index >= 15 is 0 Å². The molecule has 1 N–H and O–H groups in total. The Kier molecular flexibility index (Phi) is 9.53. The number of esters is 1. The normalized spacial score (nSPS) is 12.1. The van der Waals surface area contributed by atoms with E-state index < -0.39 is 21.2 Å². The first kappa shape index (κ1) is 26.0. The van der Waals surface area contributed by atoms with Gasteiger partial charge < -0.3 is 14.3 Å². The van der Waals surface area contributed by atoms with Crippen molar-refractivity contribution in [3.05, 3.63) is 59.4 Å². The number of ether oxygens (including phenoxy) is 2. The number of sulfonamides is 1. The third-order valence-electron chi connectivity index (χ3n) is 4.59. The van der Waals surface area contributed by atoms with Crippen LogP contribution >= 0.6 is 0 Å². The van der Waals surface area contributed by atoms with Crippen LogP contribution in [-0.2, 0) is 31.0 Å². The quantitative estimate of drug-likeness (QED) is 0.281. The van der Waals surface area contributed by atoms with Gasteiger partial charge in [0.05, 0.1) is 23.8 Å². The van der Waals surface area contributed by atoms with Crippen LogP contribution in [0.25, 0.3) is 0 Å². The van der Waals surface area contributed by atoms with E-state index in [1.807, 2.05) is 11.6 Å². The molecule has 9 nitrogen and oxygen atoms in total. The molecule has 0 aliphatic heterocycles. The molecule has 0 saturated heterocycles. The predicted molar refractivity (Wildman–Crippen MR) is 121 cm³/mol. The molecule has 0 saturated carbocycles. The number of hydrogen-bond acceptors (Lipinski definition) is 8. The number of aldehydes is 1. The highest BCUT2D eigenvalue weighted by molar-refractivity contribution is 7.91. The van der Waals surface area contributed by atoms with Crippen LogP contribution in [0.2, 0.25) is 0 Å². The lowest BCUT2D eigenvalue weighted by Gasteiger charge is -2.14. The molecule has 0 aliphatic carbocycles. The highest BCUT2D eigenvalue weighted by Gasteiger charge is 2.29. The third kappa shape index (κ3) is 7.67. The summed E-state index contributed by atoms with van der Waals surface area (Å²) < 4.78 is 37.9. The molecule has 1 aromatic heterocycles. The summed E-state index contributed by atoms with van der Waals surface area (Å²) in [5.74, 6) is -1.04. The van der Waals surface area contributed by atoms with Gasteiger partial charge in [-0.15, -0.1) is 0 Å². The highest BCUT2D eigenvalue weighted by atomic mass is 32.2. The number of unbranched alkanes of at least 4 members (excludes halogenated alkanes) is 1. The predicted octanol–water partition coefficient (Wildman–Crippen LogP) is 2.96. The van der Waals surface area contributed by atoms with Crippen molar-refractivity contribution in [2.24, 2.45) is 5.92 Å². The lowest BCUT2D eigenvalue weighted by atomic mass is 10.1. The maximum Gasteiger partial charge on any atom is 0.308 e. The smallest absolute Gasteiger partial charge is 0.308 e. The molecular weight excluding hydrogens is 448 g/mol. The van der Waals surface area contributed by atoms with Gasteiger partial charge in [0.25, 0.3) is 5.91 Å². The first-order valence-electron chi connectivity index (χ1n) is 10.5. The molecule has 2 aromatic rings. The number of amides is 1. The van der Waals surface area contributed by atoms with Gasteiger partial charge in [-0.05, 0) is 36.2 Å². The second-order valence-electron chi connectivity index (χ2n) is 7.60. The van der Waals surface area contributed by atoms with Crippen molar-refractivity contribution in [2.75, 3.05) is 6.61 Å². The van der Waals surface area contributed by atoms with E-state index in [4.69, 9.17) is 9.47 Å². The standard InChI is InChI=1S/C23H28N2O7S/c1-4-5-12-31-20-10-7-17(8-11-20)21(14-26)33(29,30)25-22(27)18-6-9-19(24-13-18)15-32-23(28)16(2)3/h6-11,13-14,16,21H,4-5,12,15H2,1-3H3,(H,25,27). The molecule has 10 heteroatoms. The summed E-state index contributed by atoms with van der Waals surface area (Å²) in [6, 6.07) is 8.90. The van der Waals surface area contributed by atoms with E-state index in [-0.39, 0.29) is 35.9 Å². The van der Waals surface area contributed by atoms with Gasteiger partial charge in [-0.25, -0.2) is 13.1 Å². The highest BCUT2D eigenvalue weighted by Crippen LogP contribution is 2.23. The number of benzene rings is 1. The molecule has 0 fully saturated rings. The van der Waals surface area contributed by atoms with E-state index in [0.717, 1.165) is 12.8 Å². The fourth-order valence-electron chi connectivity index (χ4n) is 2.63. The second kappa shape index (κ2) is 12.1. The van der Waals surface area contributed by atoms with Crippen molar-refractivity contribution >= 4 is 28.2 Å². The molecule has 0 radical (unpaired) electrons. The van der Waals surface area contributed by atoms with Crippen LogP contribution < -0.4 is 9.46 Å². The maximum atomic E-state index is 12.7. The Morgan fingerprint density at radius 2 is 1.82 bits per heavy atom. The van der Waals surface area contributed by atoms with Crippen LogP contribution in [0.15, 0.2) is 42.6 Å². The van der Waals surface area contributed by atoms with Crippen LogP contribution in [0.1, 0.15) is 60.5 Å². The maximum absolute atomic E-state index is 12.7. The van der Waals surface area contributed by atoms with E-state index in [2.05, 4.69) is 4.98 Å². The molecule has 1 unspecified atom stereocenters. The summed E-state index contributed by atoms with van der Waals surface area (Å²) >= 11 is 0. The lowest BCUT2D eigenvalue weighted by Crippen LogP contribution is -2.35. The van der Waals surface area contributed by atoms with Gasteiger partial charge in [0.1, 0.15) is 18.6 Å². The van der Waals surface area contributed by atoms with Gasteiger partial charge >= 0.3 is 5.97 Å². The van der Waals surface area contributed by atoms with Gasteiger partial charge in [-0.3, -0.25) is 14.6 Å². The lowest BCUT2D eigenvalue weighted by molar-refractivity contribution is -0.148. The monoisotopic (exact) mass is 476 g/mol. The zero-order valence-corrected chi connectivity index (χ0v) is 19.6. The van der Waals surface area contributed by atoms with Crippen molar-refractivity contribution in [3.63, 3.8) is 0 Å². The summed E-state index contributed by atoms with van der Waals surface area (Å²) in [6.07, 6.45) is 3.29. The largest absolute Gasteiger partial charge is 0.494 e. The van der Waals surface area contributed by atoms with E-state index in [1.165, 1.54) is 30.5 Å². The average molecular weight is 477 g/mol. The molecule has 0 aliphatic rings. The van der Waals surface area contributed by atoms with E-state index in [1.54, 1.807) is 26.0 Å². The first-order chi connectivity index (χ1) is 15.7. The van der Waals surface area contributed by atoms with Gasteiger partial charge in [-0.2, -0.15) is 0 Å². The Labute approximate surface area is 193 Å². The number of carbonyl (C=O) groups is 3. The minimum Gasteiger partial charge on any atom is -0.494 e. The summed E-state index contributed by atoms with van der Waals surface area (Å²) in [6.45, 7) is 5.91. The number of pyridine rings is 1. The number of nitrogens with zero attached hydrogens (tertiary/aromatic N) is 1. The van der Waals surface area contributed by atoms with Crippen LogP contribution in [0.4, 0.5) is 0 Å². The van der Waals surface area contributed by atoms with Crippen molar-refractivity contribution < 1.29 is 32.3 Å². The number of aromatic nitrogens is 1. The molecule has 2 rings (SSSR count). The Morgan fingerprint density at radius 1 is 1.12 bits per heavy atom. The fourth-order valence-corrected chi connectivity index (χ4v) is 3.79. The zero-order valence-electron chi connectivity index (χ0n) is 18.8. The average Bonchev–Trinajstić information content (AvgIpc) is 2.78. The third-order valence-corrected chi connectivity index (χ3v) is 6.11. The summed E-state index contributed by atoms with van der Waals surface area (Å²) in [5.41, 5.74) is 0.575. The van der Waals surface area contributed by atoms with Crippen LogP contribution in [-0.4, -0.2) is 38.2 Å². The molecule has 178 valence electrons. The molecule has 0 bridgehead atoms. The van der Waals surface area contributed by atoms with Gasteiger partial charge in [-0.1, -0.05) is 39.3 Å². The topological polar surface area (TPSA) is 129 Å². The van der Waals surface area contributed by atoms with Gasteiger partial charge in [0.15, 0.2) is 5.25 Å². The number of rotatable bonds is 12. The minimum absolute atomic E-state index is 0.0261. The first-order valence-corrected chi connectivity index (χ1v) is 12.1. The van der Waals surface area contributed by atoms with Crippen molar-refractivity contribution in [2.45, 2.75) is 45.5 Å². The van der Waals surface area contributed by atoms with Crippen LogP contribution in [0.5, 0.6) is 5.75 Å². The Hall–Kier alpha value is -3.27. The van der Waals surface area contributed by atoms with Crippen molar-refractivity contribution in [1.82, 2.24) is 9.71 Å². The Morgan fingerprint density at radius 3 is 2.36 bits per heavy atom. The van der Waals surface area contributed by atoms with Crippen molar-refractivity contribution in [1.29, 1.82) is 0 Å².